The normalized spacial score (nSPS) is 20.7. The number of nitrogens with one attached hydrogen (secondary N) is 1. The van der Waals surface area contributed by atoms with Gasteiger partial charge in [0.1, 0.15) is 0 Å². The maximum absolute atomic E-state index is 4.59. The molecule has 3 rings (SSSR count). The second kappa shape index (κ2) is 11.7. The summed E-state index contributed by atoms with van der Waals surface area (Å²) in [5.41, 5.74) is 2.71. The van der Waals surface area contributed by atoms with E-state index in [-0.39, 0.29) is 24.0 Å². The summed E-state index contributed by atoms with van der Waals surface area (Å²) in [5, 5.41) is 3.64. The van der Waals surface area contributed by atoms with Crippen molar-refractivity contribution in [3.63, 3.8) is 0 Å². The summed E-state index contributed by atoms with van der Waals surface area (Å²) >= 11 is 0. The second-order valence-electron chi connectivity index (χ2n) is 8.29. The first-order valence-corrected chi connectivity index (χ1v) is 10.7. The number of benzene rings is 1. The molecule has 1 N–H and O–H groups in total. The largest absolute Gasteiger partial charge is 0.354 e. The van der Waals surface area contributed by atoms with E-state index >= 15 is 0 Å². The lowest BCUT2D eigenvalue weighted by Crippen LogP contribution is -2.50. The van der Waals surface area contributed by atoms with Crippen molar-refractivity contribution in [3.05, 3.63) is 54.1 Å². The van der Waals surface area contributed by atoms with Crippen LogP contribution in [0.2, 0.25) is 0 Å². The fraction of sp³-hybridized carbons (Fsp3) is 0.565. The van der Waals surface area contributed by atoms with Crippen molar-refractivity contribution in [2.75, 3.05) is 40.8 Å². The summed E-state index contributed by atoms with van der Waals surface area (Å²) in [6, 6.07) is 9.71. The van der Waals surface area contributed by atoms with Crippen LogP contribution in [0, 0.1) is 5.92 Å². The van der Waals surface area contributed by atoms with E-state index in [0.29, 0.717) is 18.0 Å². The predicted molar refractivity (Wildman–Crippen MR) is 136 cm³/mol. The molecule has 0 amide bonds. The highest BCUT2D eigenvalue weighted by Gasteiger charge is 2.29. The van der Waals surface area contributed by atoms with Gasteiger partial charge in [-0.05, 0) is 44.0 Å². The van der Waals surface area contributed by atoms with Gasteiger partial charge in [0.15, 0.2) is 5.96 Å². The zero-order valence-electron chi connectivity index (χ0n) is 19.0. The number of likely N-dealkylation sites (tertiary alicyclic amines) is 1. The van der Waals surface area contributed by atoms with Gasteiger partial charge >= 0.3 is 0 Å². The van der Waals surface area contributed by atoms with Crippen molar-refractivity contribution in [3.8, 4) is 0 Å². The van der Waals surface area contributed by atoms with Gasteiger partial charge in [0.2, 0.25) is 0 Å². The van der Waals surface area contributed by atoms with Crippen LogP contribution in [0.25, 0.3) is 0 Å². The molecule has 0 radical (unpaired) electrons. The molecule has 0 saturated carbocycles. The quantitative estimate of drug-likeness (QED) is 0.355. The van der Waals surface area contributed by atoms with Crippen molar-refractivity contribution in [2.45, 2.75) is 38.8 Å². The Bertz CT molecular complexity index is 772. The Morgan fingerprint density at radius 1 is 1.30 bits per heavy atom. The number of aryl methyl sites for hydroxylation is 1. The summed E-state index contributed by atoms with van der Waals surface area (Å²) in [4.78, 5) is 13.5. The molecule has 1 aromatic heterocycles. The van der Waals surface area contributed by atoms with Crippen LogP contribution in [-0.2, 0) is 6.42 Å². The number of hydrogen-bond donors (Lipinski definition) is 1. The molecule has 1 saturated heterocycles. The summed E-state index contributed by atoms with van der Waals surface area (Å²) < 4.78 is 2.24. The number of piperidine rings is 1. The van der Waals surface area contributed by atoms with Crippen molar-refractivity contribution in [1.82, 2.24) is 24.7 Å². The van der Waals surface area contributed by atoms with E-state index in [1.165, 1.54) is 11.1 Å². The Morgan fingerprint density at radius 2 is 2.03 bits per heavy atom. The Kier molecular flexibility index (Phi) is 9.61. The summed E-state index contributed by atoms with van der Waals surface area (Å²) in [7, 11) is 6.16. The molecule has 2 aromatic rings. The molecular formula is C23H37IN6. The smallest absolute Gasteiger partial charge is 0.193 e. The lowest BCUT2D eigenvalue weighted by molar-refractivity contribution is 0.187. The maximum atomic E-state index is 4.59. The molecule has 1 aliphatic heterocycles. The summed E-state index contributed by atoms with van der Waals surface area (Å²) in [6.45, 7) is 7.34. The van der Waals surface area contributed by atoms with Crippen LogP contribution in [0.15, 0.2) is 48.0 Å². The Hall–Kier alpha value is -1.61. The maximum Gasteiger partial charge on any atom is 0.193 e. The van der Waals surface area contributed by atoms with E-state index in [1.807, 2.05) is 19.6 Å². The summed E-state index contributed by atoms with van der Waals surface area (Å²) in [6.07, 6.45) is 8.10. The van der Waals surface area contributed by atoms with Gasteiger partial charge in [0.05, 0.1) is 18.4 Å². The molecule has 1 aliphatic rings. The third-order valence-electron chi connectivity index (χ3n) is 6.19. The van der Waals surface area contributed by atoms with E-state index in [9.17, 15) is 0 Å². The molecule has 0 spiro atoms. The number of nitrogens with zero attached hydrogens (tertiary/aromatic N) is 5. The number of guanidine groups is 1. The third kappa shape index (κ3) is 5.97. The molecular weight excluding hydrogens is 487 g/mol. The van der Waals surface area contributed by atoms with Crippen molar-refractivity contribution >= 4 is 29.9 Å². The van der Waals surface area contributed by atoms with E-state index in [2.05, 4.69) is 88.1 Å². The highest BCUT2D eigenvalue weighted by Crippen LogP contribution is 2.27. The zero-order chi connectivity index (χ0) is 20.8. The molecule has 1 aromatic carbocycles. The Morgan fingerprint density at radius 3 is 2.60 bits per heavy atom. The number of halogens is 1. The number of hydrogen-bond acceptors (Lipinski definition) is 3. The fourth-order valence-electron chi connectivity index (χ4n) is 4.19. The van der Waals surface area contributed by atoms with Gasteiger partial charge in [-0.25, -0.2) is 4.98 Å². The fourth-order valence-corrected chi connectivity index (χ4v) is 4.19. The number of imidazole rings is 1. The van der Waals surface area contributed by atoms with Gasteiger partial charge in [-0.3, -0.25) is 4.99 Å². The SMILES string of the molecule is CCc1ccc(C(CNC(=NC)N2CCC(C)C(n3ccnc3)C2)N(C)C)cc1.I. The van der Waals surface area contributed by atoms with Gasteiger partial charge < -0.3 is 19.7 Å². The second-order valence-corrected chi connectivity index (χ2v) is 8.29. The first kappa shape index (κ1) is 24.7. The first-order chi connectivity index (χ1) is 14.0. The minimum atomic E-state index is 0. The molecule has 30 heavy (non-hydrogen) atoms. The highest BCUT2D eigenvalue weighted by atomic mass is 127. The van der Waals surface area contributed by atoms with Gasteiger partial charge in [-0.1, -0.05) is 38.1 Å². The van der Waals surface area contributed by atoms with Crippen molar-refractivity contribution in [1.29, 1.82) is 0 Å². The Labute approximate surface area is 198 Å². The van der Waals surface area contributed by atoms with Gasteiger partial charge in [-0.2, -0.15) is 0 Å². The number of rotatable bonds is 6. The molecule has 7 heteroatoms. The monoisotopic (exact) mass is 524 g/mol. The Balaban J connectivity index is 0.00000320. The van der Waals surface area contributed by atoms with Crippen LogP contribution < -0.4 is 5.32 Å². The molecule has 0 aliphatic carbocycles. The topological polar surface area (TPSA) is 48.7 Å². The molecule has 3 atom stereocenters. The average molecular weight is 524 g/mol. The van der Waals surface area contributed by atoms with Gasteiger partial charge in [0.25, 0.3) is 0 Å². The average Bonchev–Trinajstić information content (AvgIpc) is 3.26. The van der Waals surface area contributed by atoms with E-state index in [1.54, 1.807) is 0 Å². The molecule has 1 fully saturated rings. The lowest BCUT2D eigenvalue weighted by atomic mass is 9.93. The third-order valence-corrected chi connectivity index (χ3v) is 6.19. The van der Waals surface area contributed by atoms with Crippen LogP contribution in [0.4, 0.5) is 0 Å². The molecule has 166 valence electrons. The van der Waals surface area contributed by atoms with E-state index in [4.69, 9.17) is 0 Å². The predicted octanol–water partition coefficient (Wildman–Crippen LogP) is 3.82. The van der Waals surface area contributed by atoms with E-state index in [0.717, 1.165) is 38.4 Å². The molecule has 6 nitrogen and oxygen atoms in total. The van der Waals surface area contributed by atoms with Crippen LogP contribution in [0.1, 0.15) is 43.5 Å². The number of aliphatic imine (C=N–C) groups is 1. The standard InChI is InChI=1S/C23H36N6.HI/c1-6-19-7-9-20(10-8-19)21(27(4)5)15-26-23(24-3)28-13-11-18(2)22(16-28)29-14-12-25-17-29;/h7-10,12,14,17-18,21-22H,6,11,13,15-16H2,1-5H3,(H,24,26);1H. The minimum Gasteiger partial charge on any atom is -0.354 e. The summed E-state index contributed by atoms with van der Waals surface area (Å²) in [5.74, 6) is 1.62. The molecule has 2 heterocycles. The van der Waals surface area contributed by atoms with Crippen LogP contribution in [0.5, 0.6) is 0 Å². The number of likely N-dealkylation sites (N-methyl/N-ethyl adjacent to an activating group) is 1. The molecule has 0 bridgehead atoms. The van der Waals surface area contributed by atoms with Crippen LogP contribution in [0.3, 0.4) is 0 Å². The van der Waals surface area contributed by atoms with E-state index < -0.39 is 0 Å². The molecule has 3 unspecified atom stereocenters. The zero-order valence-corrected chi connectivity index (χ0v) is 21.3. The highest BCUT2D eigenvalue weighted by molar-refractivity contribution is 14.0. The minimum absolute atomic E-state index is 0. The van der Waals surface area contributed by atoms with Crippen molar-refractivity contribution in [2.24, 2.45) is 10.9 Å². The van der Waals surface area contributed by atoms with Crippen LogP contribution >= 0.6 is 24.0 Å². The number of aromatic nitrogens is 2. The van der Waals surface area contributed by atoms with Gasteiger partial charge in [-0.15, -0.1) is 24.0 Å². The van der Waals surface area contributed by atoms with Gasteiger partial charge in [0, 0.05) is 39.1 Å². The van der Waals surface area contributed by atoms with Crippen molar-refractivity contribution < 1.29 is 0 Å². The van der Waals surface area contributed by atoms with Crippen LogP contribution in [-0.4, -0.2) is 66.1 Å². The first-order valence-electron chi connectivity index (χ1n) is 10.7. The lowest BCUT2D eigenvalue weighted by Gasteiger charge is -2.39.